The minimum absolute atomic E-state index is 0.0492. The summed E-state index contributed by atoms with van der Waals surface area (Å²) in [7, 11) is 0. The van der Waals surface area contributed by atoms with Crippen molar-refractivity contribution in [3.05, 3.63) is 0 Å². The van der Waals surface area contributed by atoms with Gasteiger partial charge in [0, 0.05) is 112 Å². The Kier molecular flexibility index (Phi) is 28.7. The quantitative estimate of drug-likeness (QED) is 0.0629. The third kappa shape index (κ3) is 30.4. The summed E-state index contributed by atoms with van der Waals surface area (Å²) in [6.45, 7) is 53.3. The van der Waals surface area contributed by atoms with Crippen LogP contribution in [0.3, 0.4) is 0 Å². The summed E-state index contributed by atoms with van der Waals surface area (Å²) in [6, 6.07) is -3.93. The smallest absolute Gasteiger partial charge is 0.224 e. The van der Waals surface area contributed by atoms with E-state index in [-0.39, 0.29) is 109 Å². The predicted octanol–water partition coefficient (Wildman–Crippen LogP) is 10.9. The van der Waals surface area contributed by atoms with Gasteiger partial charge < -0.3 is 21.3 Å². The number of hydrogen-bond donors (Lipinski definition) is 4. The highest BCUT2D eigenvalue weighted by Gasteiger charge is 2.42. The Balaban J connectivity index is 0. The van der Waals surface area contributed by atoms with Crippen LogP contribution in [0, 0.1) is 55.2 Å². The highest BCUT2D eigenvalue weighted by Crippen LogP contribution is 2.31. The second kappa shape index (κ2) is 29.6. The molecule has 0 heterocycles. The van der Waals surface area contributed by atoms with Gasteiger partial charge in [0.25, 0.3) is 0 Å². The lowest BCUT2D eigenvalue weighted by Gasteiger charge is -2.31. The summed E-state index contributed by atoms with van der Waals surface area (Å²) in [5.74, 6) is -5.30. The molecule has 4 N–H and O–H groups in total. The van der Waals surface area contributed by atoms with E-state index >= 15 is 0 Å². The Morgan fingerprint density at radius 3 is 0.780 bits per heavy atom. The van der Waals surface area contributed by atoms with Crippen LogP contribution in [-0.4, -0.2) is 105 Å². The molecule has 0 rings (SSSR count). The van der Waals surface area contributed by atoms with Crippen molar-refractivity contribution in [2.45, 2.75) is 294 Å². The first kappa shape index (κ1) is 79.6. The summed E-state index contributed by atoms with van der Waals surface area (Å²) in [5.41, 5.74) is -6.91. The maximum Gasteiger partial charge on any atom is 0.224 e. The average Bonchev–Trinajstić information content (AvgIpc) is 3.23. The molecule has 16 heteroatoms. The van der Waals surface area contributed by atoms with Crippen molar-refractivity contribution < 1.29 is 57.5 Å². The molecule has 0 aromatic heterocycles. The number of carbonyl (C=O) groups excluding carboxylic acids is 12. The summed E-state index contributed by atoms with van der Waals surface area (Å²) >= 11 is 0. The molecular weight excluding hydrogens is 1040 g/mol. The van der Waals surface area contributed by atoms with Gasteiger partial charge >= 0.3 is 0 Å². The number of hydrogen-bond acceptors (Lipinski definition) is 14. The second-order valence-corrected chi connectivity index (χ2v) is 33.2. The van der Waals surface area contributed by atoms with Gasteiger partial charge in [-0.3, -0.25) is 57.5 Å². The summed E-state index contributed by atoms with van der Waals surface area (Å²) in [5, 5.41) is 11.9. The maximum atomic E-state index is 13.7. The number of Topliss-reactive ketones (excluding diaryl/α,β-unsaturated/α-hetero) is 10. The molecule has 82 heavy (non-hydrogen) atoms. The van der Waals surface area contributed by atoms with Gasteiger partial charge in [-0.05, 0) is 41.5 Å². The van der Waals surface area contributed by atoms with Crippen LogP contribution < -0.4 is 21.3 Å². The van der Waals surface area contributed by atoms with Crippen molar-refractivity contribution in [1.82, 2.24) is 21.3 Å². The minimum atomic E-state index is -1.09. The van der Waals surface area contributed by atoms with Crippen molar-refractivity contribution in [2.24, 2.45) is 55.2 Å². The van der Waals surface area contributed by atoms with Gasteiger partial charge in [-0.2, -0.15) is 0 Å². The normalized spacial score (nSPS) is 15.5. The third-order valence-corrected chi connectivity index (χ3v) is 13.7. The van der Waals surface area contributed by atoms with E-state index in [0.29, 0.717) is 0 Å². The number of rotatable bonds is 26. The lowest BCUT2D eigenvalue weighted by Crippen LogP contribution is -2.53. The predicted molar refractivity (Wildman–Crippen MR) is 327 cm³/mol. The fraction of sp³-hybridized carbons (Fsp3) is 0.818. The van der Waals surface area contributed by atoms with Crippen LogP contribution in [0.15, 0.2) is 0 Å². The van der Waals surface area contributed by atoms with Crippen LogP contribution in [0.2, 0.25) is 0 Å². The Morgan fingerprint density at radius 1 is 0.256 bits per heavy atom. The Morgan fingerprint density at radius 2 is 0.500 bits per heavy atom. The van der Waals surface area contributed by atoms with Gasteiger partial charge in [0.05, 0.1) is 30.1 Å². The third-order valence-electron chi connectivity index (χ3n) is 13.7. The van der Waals surface area contributed by atoms with Crippen LogP contribution in [-0.2, 0) is 57.5 Å². The van der Waals surface area contributed by atoms with E-state index in [0.717, 1.165) is 0 Å². The lowest BCUT2D eigenvalue weighted by molar-refractivity contribution is -0.139. The Hall–Kier alpha value is -4.44. The fourth-order valence-electron chi connectivity index (χ4n) is 8.16. The van der Waals surface area contributed by atoms with Crippen molar-refractivity contribution in [1.29, 1.82) is 0 Å². The highest BCUT2D eigenvalue weighted by molar-refractivity contribution is 6.02. The minimum Gasteiger partial charge on any atom is -0.346 e. The van der Waals surface area contributed by atoms with E-state index in [1.165, 1.54) is 0 Å². The van der Waals surface area contributed by atoms with Gasteiger partial charge in [0.1, 0.15) is 34.7 Å². The van der Waals surface area contributed by atoms with E-state index in [2.05, 4.69) is 21.3 Å². The molecule has 0 aromatic carbocycles. The molecule has 16 nitrogen and oxygen atoms in total. The number of ketones is 10. The number of nitrogens with one attached hydrogen (secondary N) is 4. The first-order valence-electron chi connectivity index (χ1n) is 29.4. The molecule has 0 saturated heterocycles. The van der Waals surface area contributed by atoms with Gasteiger partial charge in [-0.15, -0.1) is 0 Å². The van der Waals surface area contributed by atoms with E-state index in [1.807, 2.05) is 41.5 Å². The zero-order valence-corrected chi connectivity index (χ0v) is 57.0. The average molecular weight is 1160 g/mol. The van der Waals surface area contributed by atoms with Crippen LogP contribution in [0.25, 0.3) is 0 Å². The monoisotopic (exact) mass is 1160 g/mol. The van der Waals surface area contributed by atoms with E-state index < -0.39 is 102 Å². The molecule has 0 aliphatic rings. The van der Waals surface area contributed by atoms with Crippen molar-refractivity contribution in [3.63, 3.8) is 0 Å². The van der Waals surface area contributed by atoms with Gasteiger partial charge in [-0.25, -0.2) is 0 Å². The van der Waals surface area contributed by atoms with E-state index in [4.69, 9.17) is 0 Å². The maximum absolute atomic E-state index is 13.7. The van der Waals surface area contributed by atoms with Crippen LogP contribution >= 0.6 is 0 Å². The molecule has 0 spiro atoms. The molecule has 0 bridgehead atoms. The molecule has 2 amide bonds. The molecule has 0 radical (unpaired) electrons. The zero-order valence-electron chi connectivity index (χ0n) is 57.0. The molecule has 0 aliphatic carbocycles. The first-order valence-corrected chi connectivity index (χ1v) is 29.4. The van der Waals surface area contributed by atoms with E-state index in [1.54, 1.807) is 166 Å². The summed E-state index contributed by atoms with van der Waals surface area (Å²) < 4.78 is 0. The number of carbonyl (C=O) groups is 12. The molecule has 0 aromatic rings. The van der Waals surface area contributed by atoms with Crippen LogP contribution in [0.4, 0.5) is 0 Å². The van der Waals surface area contributed by atoms with Gasteiger partial charge in [0.2, 0.25) is 11.8 Å². The van der Waals surface area contributed by atoms with Gasteiger partial charge in [0.15, 0.2) is 23.1 Å². The Bertz CT molecular complexity index is 2300. The molecule has 6 atom stereocenters. The van der Waals surface area contributed by atoms with Crippen LogP contribution in [0.1, 0.15) is 259 Å². The topological polar surface area (TPSA) is 253 Å². The van der Waals surface area contributed by atoms with Crippen molar-refractivity contribution in [3.8, 4) is 0 Å². The Labute approximate surface area is 496 Å². The van der Waals surface area contributed by atoms with Gasteiger partial charge in [-0.1, -0.05) is 166 Å². The van der Waals surface area contributed by atoms with E-state index in [9.17, 15) is 57.5 Å². The largest absolute Gasteiger partial charge is 0.346 e. The molecular formula is C66H116N4O12. The number of amides is 2. The first-order chi connectivity index (χ1) is 35.9. The second-order valence-electron chi connectivity index (χ2n) is 33.2. The zero-order chi connectivity index (χ0) is 65.9. The molecule has 0 saturated carbocycles. The van der Waals surface area contributed by atoms with Crippen molar-refractivity contribution >= 4 is 69.6 Å². The fourth-order valence-corrected chi connectivity index (χ4v) is 8.16. The molecule has 0 aliphatic heterocycles. The lowest BCUT2D eigenvalue weighted by atomic mass is 9.75. The molecule has 472 valence electrons. The van der Waals surface area contributed by atoms with Crippen molar-refractivity contribution in [2.75, 3.05) is 0 Å². The standard InChI is InChI=1S/2C33H58N2O6/c1-29(2,3)24(37)17-20(27(40)31(7,8)9)16-23(36)21(35-33(13,14)15)19-26(39)34-22(28(41)32(10,11)12)18-25(38)30(4,5)6;1-29(2,3)24(37)17-20(16-23(36)21(35-33(13,14)15)18-25(38)30(4,5)6)28(41)34-22(27(40)32(10,11)12)19-26(39)31(7,8)9/h20-22,35H,16-19H2,1-15H3,(H,34,39);20-22,35H,16-19H2,1-15H3,(H,34,41). The molecule has 0 fully saturated rings. The summed E-state index contributed by atoms with van der Waals surface area (Å²) in [6.07, 6.45) is -1.41. The SMILES string of the molecule is CC(C)(C)NC(CC(=O)C(C)(C)C)C(=O)CC(CC(=O)C(C)(C)C)C(=O)NC(CC(=O)C(C)(C)C)C(=O)C(C)(C)C.CC(C)(C)NC(CC(=O)NC(CC(=O)C(C)(C)C)C(=O)C(C)(C)C)C(=O)CC(CC(=O)C(C)(C)C)C(=O)C(C)(C)C. The summed E-state index contributed by atoms with van der Waals surface area (Å²) in [4.78, 5) is 159. The molecule has 6 unspecified atom stereocenters. The van der Waals surface area contributed by atoms with Crippen LogP contribution in [0.5, 0.6) is 0 Å². The highest BCUT2D eigenvalue weighted by atomic mass is 16.2.